The van der Waals surface area contributed by atoms with Gasteiger partial charge in [-0.05, 0) is 25.1 Å². The van der Waals surface area contributed by atoms with Crippen LogP contribution in [-0.2, 0) is 13.2 Å². The van der Waals surface area contributed by atoms with Gasteiger partial charge in [-0.1, -0.05) is 29.4 Å². The molecule has 9 heteroatoms. The van der Waals surface area contributed by atoms with Gasteiger partial charge in [-0.25, -0.2) is 8.78 Å². The van der Waals surface area contributed by atoms with Gasteiger partial charge in [0.1, 0.15) is 29.8 Å². The third-order valence-corrected chi connectivity index (χ3v) is 4.56. The van der Waals surface area contributed by atoms with E-state index in [1.165, 1.54) is 35.1 Å². The SMILES string of the molecule is Cc1onc(C(=O)Nc2cnn(Cc3ccccc3F)c2)c1COc1cccc(F)c1. The molecule has 0 unspecified atom stereocenters. The minimum atomic E-state index is -0.514. The van der Waals surface area contributed by atoms with E-state index < -0.39 is 11.7 Å². The predicted molar refractivity (Wildman–Crippen MR) is 108 cm³/mol. The highest BCUT2D eigenvalue weighted by atomic mass is 19.1. The molecule has 0 aliphatic rings. The van der Waals surface area contributed by atoms with Crippen LogP contribution in [0.2, 0.25) is 0 Å². The Morgan fingerprint density at radius 2 is 2.03 bits per heavy atom. The molecule has 0 aliphatic carbocycles. The lowest BCUT2D eigenvalue weighted by molar-refractivity contribution is 0.101. The fourth-order valence-corrected chi connectivity index (χ4v) is 2.96. The van der Waals surface area contributed by atoms with Gasteiger partial charge in [-0.3, -0.25) is 9.48 Å². The average Bonchev–Trinajstić information content (AvgIpc) is 3.34. The Kier molecular flexibility index (Phi) is 5.74. The van der Waals surface area contributed by atoms with Gasteiger partial charge in [0.2, 0.25) is 0 Å². The number of carbonyl (C=O) groups is 1. The fraction of sp³-hybridized carbons (Fsp3) is 0.136. The van der Waals surface area contributed by atoms with Gasteiger partial charge in [0, 0.05) is 17.8 Å². The molecule has 0 saturated heterocycles. The minimum Gasteiger partial charge on any atom is -0.489 e. The maximum atomic E-state index is 13.8. The molecule has 0 spiro atoms. The number of halogens is 2. The number of rotatable bonds is 7. The number of benzene rings is 2. The van der Waals surface area contributed by atoms with E-state index in [2.05, 4.69) is 15.6 Å². The van der Waals surface area contributed by atoms with Crippen LogP contribution in [0.1, 0.15) is 27.4 Å². The zero-order valence-electron chi connectivity index (χ0n) is 16.5. The molecule has 0 bridgehead atoms. The average molecular weight is 424 g/mol. The normalized spacial score (nSPS) is 10.8. The van der Waals surface area contributed by atoms with E-state index in [4.69, 9.17) is 9.26 Å². The number of aromatic nitrogens is 3. The molecule has 2 heterocycles. The van der Waals surface area contributed by atoms with Gasteiger partial charge in [-0.15, -0.1) is 0 Å². The number of hydrogen-bond acceptors (Lipinski definition) is 5. The van der Waals surface area contributed by atoms with Crippen molar-refractivity contribution in [3.8, 4) is 5.75 Å². The lowest BCUT2D eigenvalue weighted by Crippen LogP contribution is -2.15. The number of ether oxygens (including phenoxy) is 1. The fourth-order valence-electron chi connectivity index (χ4n) is 2.96. The lowest BCUT2D eigenvalue weighted by atomic mass is 10.2. The maximum Gasteiger partial charge on any atom is 0.278 e. The van der Waals surface area contributed by atoms with Crippen molar-refractivity contribution >= 4 is 11.6 Å². The van der Waals surface area contributed by atoms with Gasteiger partial charge in [-0.2, -0.15) is 5.10 Å². The van der Waals surface area contributed by atoms with Crippen molar-refractivity contribution in [2.24, 2.45) is 0 Å². The third kappa shape index (κ3) is 4.77. The molecule has 2 aromatic carbocycles. The van der Waals surface area contributed by atoms with Crippen LogP contribution in [0.5, 0.6) is 5.75 Å². The molecule has 31 heavy (non-hydrogen) atoms. The van der Waals surface area contributed by atoms with Crippen LogP contribution in [0.25, 0.3) is 0 Å². The number of carbonyl (C=O) groups excluding carboxylic acids is 1. The van der Waals surface area contributed by atoms with E-state index in [1.807, 2.05) is 0 Å². The smallest absolute Gasteiger partial charge is 0.278 e. The molecule has 4 rings (SSSR count). The molecule has 1 amide bonds. The Labute approximate surface area is 176 Å². The van der Waals surface area contributed by atoms with Crippen LogP contribution in [0.15, 0.2) is 65.4 Å². The first-order valence-electron chi connectivity index (χ1n) is 9.40. The second-order valence-corrected chi connectivity index (χ2v) is 6.78. The van der Waals surface area contributed by atoms with Crippen molar-refractivity contribution in [3.05, 3.63) is 95.1 Å². The zero-order chi connectivity index (χ0) is 21.8. The number of nitrogens with zero attached hydrogens (tertiary/aromatic N) is 3. The summed E-state index contributed by atoms with van der Waals surface area (Å²) in [6.45, 7) is 1.85. The van der Waals surface area contributed by atoms with Gasteiger partial charge in [0.25, 0.3) is 5.91 Å². The number of anilines is 1. The van der Waals surface area contributed by atoms with E-state index in [9.17, 15) is 13.6 Å². The summed E-state index contributed by atoms with van der Waals surface area (Å²) in [5.74, 6) is -0.534. The maximum absolute atomic E-state index is 13.8. The Morgan fingerprint density at radius 1 is 1.19 bits per heavy atom. The molecule has 0 atom stereocenters. The second-order valence-electron chi connectivity index (χ2n) is 6.78. The summed E-state index contributed by atoms with van der Waals surface area (Å²) in [7, 11) is 0. The summed E-state index contributed by atoms with van der Waals surface area (Å²) in [6, 6.07) is 12.1. The second kappa shape index (κ2) is 8.78. The summed E-state index contributed by atoms with van der Waals surface area (Å²) in [4.78, 5) is 12.7. The van der Waals surface area contributed by atoms with Gasteiger partial charge >= 0.3 is 0 Å². The summed E-state index contributed by atoms with van der Waals surface area (Å²) in [5, 5.41) is 10.6. The van der Waals surface area contributed by atoms with E-state index in [1.54, 1.807) is 37.4 Å². The third-order valence-electron chi connectivity index (χ3n) is 4.56. The molecule has 2 aromatic heterocycles. The van der Waals surface area contributed by atoms with Crippen LogP contribution >= 0.6 is 0 Å². The molecule has 0 radical (unpaired) electrons. The molecule has 0 saturated carbocycles. The Balaban J connectivity index is 1.43. The van der Waals surface area contributed by atoms with E-state index in [0.717, 1.165) is 0 Å². The Bertz CT molecular complexity index is 1220. The minimum absolute atomic E-state index is 0.0198. The summed E-state index contributed by atoms with van der Waals surface area (Å²) in [5.41, 5.74) is 1.39. The van der Waals surface area contributed by atoms with Crippen molar-refractivity contribution in [3.63, 3.8) is 0 Å². The highest BCUT2D eigenvalue weighted by Crippen LogP contribution is 2.20. The first-order valence-corrected chi connectivity index (χ1v) is 9.40. The van der Waals surface area contributed by atoms with Crippen molar-refractivity contribution in [2.75, 3.05) is 5.32 Å². The predicted octanol–water partition coefficient (Wildman–Crippen LogP) is 4.34. The topological polar surface area (TPSA) is 82.2 Å². The van der Waals surface area contributed by atoms with Crippen molar-refractivity contribution in [1.82, 2.24) is 14.9 Å². The molecule has 4 aromatic rings. The summed E-state index contributed by atoms with van der Waals surface area (Å²) < 4.78 is 39.3. The largest absolute Gasteiger partial charge is 0.489 e. The monoisotopic (exact) mass is 424 g/mol. The van der Waals surface area contributed by atoms with Crippen molar-refractivity contribution in [1.29, 1.82) is 0 Å². The number of nitrogens with one attached hydrogen (secondary N) is 1. The standard InChI is InChI=1S/C22H18F2N4O3/c1-14-19(13-30-18-7-4-6-16(23)9-18)21(27-31-14)22(29)26-17-10-25-28(12-17)11-15-5-2-3-8-20(15)24/h2-10,12H,11,13H2,1H3,(H,26,29). The number of hydrogen-bond donors (Lipinski definition) is 1. The van der Waals surface area contributed by atoms with E-state index in [-0.39, 0.29) is 24.7 Å². The zero-order valence-corrected chi connectivity index (χ0v) is 16.5. The van der Waals surface area contributed by atoms with Gasteiger partial charge < -0.3 is 14.6 Å². The first-order chi connectivity index (χ1) is 15.0. The quantitative estimate of drug-likeness (QED) is 0.477. The number of aryl methyl sites for hydroxylation is 1. The molecule has 7 nitrogen and oxygen atoms in total. The first kappa shape index (κ1) is 20.3. The van der Waals surface area contributed by atoms with Crippen molar-refractivity contribution < 1.29 is 22.8 Å². The molecule has 1 N–H and O–H groups in total. The lowest BCUT2D eigenvalue weighted by Gasteiger charge is -2.07. The van der Waals surface area contributed by atoms with Gasteiger partial charge in [0.05, 0.1) is 24.0 Å². The molecular weight excluding hydrogens is 406 g/mol. The highest BCUT2D eigenvalue weighted by molar-refractivity contribution is 6.03. The number of amides is 1. The molecular formula is C22H18F2N4O3. The molecule has 0 aliphatic heterocycles. The Morgan fingerprint density at radius 3 is 2.84 bits per heavy atom. The van der Waals surface area contributed by atoms with Crippen molar-refractivity contribution in [2.45, 2.75) is 20.1 Å². The van der Waals surface area contributed by atoms with E-state index >= 15 is 0 Å². The van der Waals surface area contributed by atoms with E-state index in [0.29, 0.717) is 28.3 Å². The van der Waals surface area contributed by atoms with Crippen LogP contribution in [0.3, 0.4) is 0 Å². The summed E-state index contributed by atoms with van der Waals surface area (Å²) in [6.07, 6.45) is 3.04. The molecule has 0 fully saturated rings. The van der Waals surface area contributed by atoms with Gasteiger partial charge in [0.15, 0.2) is 5.69 Å². The highest BCUT2D eigenvalue weighted by Gasteiger charge is 2.21. The Hall–Kier alpha value is -4.01. The van der Waals surface area contributed by atoms with Crippen LogP contribution < -0.4 is 10.1 Å². The summed E-state index contributed by atoms with van der Waals surface area (Å²) >= 11 is 0. The van der Waals surface area contributed by atoms with Crippen LogP contribution in [-0.4, -0.2) is 20.8 Å². The van der Waals surface area contributed by atoms with Crippen LogP contribution in [0.4, 0.5) is 14.5 Å². The molecule has 158 valence electrons. The van der Waals surface area contributed by atoms with Crippen LogP contribution in [0, 0.1) is 18.6 Å².